The molecule has 14 nitrogen and oxygen atoms in total. The zero-order valence-electron chi connectivity index (χ0n) is 38.8. The van der Waals surface area contributed by atoms with Gasteiger partial charge in [0.2, 0.25) is 5.78 Å². The van der Waals surface area contributed by atoms with Crippen LogP contribution in [0.25, 0.3) is 0 Å². The van der Waals surface area contributed by atoms with Crippen molar-refractivity contribution in [3.8, 4) is 11.5 Å². The maximum Gasteiger partial charge on any atom is 0.346 e. The van der Waals surface area contributed by atoms with Gasteiger partial charge in [0.15, 0.2) is 11.9 Å². The lowest BCUT2D eigenvalue weighted by Crippen LogP contribution is -2.70. The third-order valence-electron chi connectivity index (χ3n) is 15.7. The molecule has 2 aliphatic heterocycles. The molecule has 0 radical (unpaired) electrons. The number of carboxylic acid groups (broad SMARTS) is 1. The Kier molecular flexibility index (Phi) is 12.2. The third-order valence-corrected chi connectivity index (χ3v) is 15.7. The van der Waals surface area contributed by atoms with Crippen LogP contribution in [0.2, 0.25) is 0 Å². The van der Waals surface area contributed by atoms with E-state index in [0.29, 0.717) is 37.0 Å². The van der Waals surface area contributed by atoms with E-state index in [1.54, 1.807) is 39.8 Å². The molecule has 6 N–H and O–H groups in total. The van der Waals surface area contributed by atoms with Gasteiger partial charge in [-0.2, -0.15) is 0 Å². The summed E-state index contributed by atoms with van der Waals surface area (Å²) in [7, 11) is 1.44. The van der Waals surface area contributed by atoms with Gasteiger partial charge in [0.05, 0.1) is 36.3 Å². The van der Waals surface area contributed by atoms with Crippen LogP contribution in [0.4, 0.5) is 0 Å². The minimum Gasteiger partial charge on any atom is -0.511 e. The van der Waals surface area contributed by atoms with Crippen LogP contribution in [-0.2, 0) is 28.6 Å². The summed E-state index contributed by atoms with van der Waals surface area (Å²) in [5.74, 6) is -5.78. The summed E-state index contributed by atoms with van der Waals surface area (Å²) in [6.07, 6.45) is 5.40. The number of benzene rings is 1. The van der Waals surface area contributed by atoms with Crippen molar-refractivity contribution in [3.63, 3.8) is 0 Å². The van der Waals surface area contributed by atoms with Gasteiger partial charge in [-0.15, -0.1) is 0 Å². The second kappa shape index (κ2) is 16.6. The van der Waals surface area contributed by atoms with Crippen LogP contribution in [0.3, 0.4) is 0 Å². The Morgan fingerprint density at radius 2 is 1.66 bits per heavy atom. The fourth-order valence-corrected chi connectivity index (χ4v) is 12.7. The highest BCUT2D eigenvalue weighted by molar-refractivity contribution is 6.26. The highest BCUT2D eigenvalue weighted by Crippen LogP contribution is 2.62. The van der Waals surface area contributed by atoms with Crippen LogP contribution in [-0.4, -0.2) is 98.1 Å². The van der Waals surface area contributed by atoms with Crippen molar-refractivity contribution in [2.24, 2.45) is 40.4 Å². The number of carbonyl (C=O) groups is 4. The number of esters is 1. The van der Waals surface area contributed by atoms with Crippen molar-refractivity contribution < 1.29 is 63.7 Å². The molecule has 348 valence electrons. The van der Waals surface area contributed by atoms with Gasteiger partial charge in [0.1, 0.15) is 34.5 Å². The van der Waals surface area contributed by atoms with Gasteiger partial charge in [-0.1, -0.05) is 61.8 Å². The summed E-state index contributed by atoms with van der Waals surface area (Å²) >= 11 is 0. The molecule has 1 saturated carbocycles. The predicted octanol–water partition coefficient (Wildman–Crippen LogP) is 6.71. The van der Waals surface area contributed by atoms with E-state index < -0.39 is 106 Å². The number of amides is 1. The maximum absolute atomic E-state index is 15.2. The standard InChI is InChI=1S/C50H65NO13/c1-23-13-12-14-24(2)37-27(5)18-31-34(63-46-42(55)49(10,60)39(29(7)62-46)51-43(56)35-26(4)17-30(61-11)19-33(35)52)16-15-25(3)38(31)48(37,9)40(53)36-41(54)50(64-45(36)59)21-28(6)32(44(57)58)22-47(50,8)20-23/h14,17-20,22,25,28-29,31,34,37-39,42,46,52-53,55,60H,12-13,15-16,21H2,1-11H3,(H,51,56)(H,57,58)/b23-20+,24-14-,40-36-. The van der Waals surface area contributed by atoms with Gasteiger partial charge in [-0.25, -0.2) is 9.59 Å². The molecule has 6 aliphatic rings. The summed E-state index contributed by atoms with van der Waals surface area (Å²) in [6.45, 7) is 18.0. The van der Waals surface area contributed by atoms with Gasteiger partial charge < -0.3 is 49.8 Å². The molecular formula is C50H65NO13. The summed E-state index contributed by atoms with van der Waals surface area (Å²) in [5, 5.41) is 60.3. The fraction of sp³-hybridized carbons (Fsp3) is 0.600. The van der Waals surface area contributed by atoms with Gasteiger partial charge in [0, 0.05) is 35.3 Å². The van der Waals surface area contributed by atoms with Gasteiger partial charge >= 0.3 is 11.9 Å². The number of rotatable bonds is 6. The number of aromatic hydroxyl groups is 1. The van der Waals surface area contributed by atoms with Crippen molar-refractivity contribution in [3.05, 3.63) is 81.2 Å². The lowest BCUT2D eigenvalue weighted by Gasteiger charge is -2.57. The number of aliphatic hydroxyl groups excluding tert-OH is 2. The SMILES string of the molecule is COc1cc(C)c(C(=O)NC2C(C)OC(OC3CCC(C)C4C3C=C(C)C3/C(C)=C\CC/C(C)=C/C5(C)C=C(C(=O)O)C(C)CC56OC(=O)/C(=C(\O)C34C)C6=O)C(O)C2(C)O)c(O)c1. The van der Waals surface area contributed by atoms with Crippen LogP contribution < -0.4 is 10.1 Å². The average Bonchev–Trinajstić information content (AvgIpc) is 3.45. The smallest absolute Gasteiger partial charge is 0.346 e. The van der Waals surface area contributed by atoms with E-state index in [0.717, 1.165) is 16.7 Å². The molecule has 7 rings (SSSR count). The number of aliphatic hydroxyl groups is 3. The normalized spacial score (nSPS) is 42.8. The number of Topliss-reactive ketones (excluding diaryl/α,β-unsaturated/α-hetero) is 1. The van der Waals surface area contributed by atoms with E-state index in [1.807, 2.05) is 33.8 Å². The number of phenols is 1. The molecule has 14 unspecified atom stereocenters. The number of hydrogen-bond donors (Lipinski definition) is 6. The van der Waals surface area contributed by atoms with Crippen molar-refractivity contribution in [2.45, 2.75) is 143 Å². The Hall–Kier alpha value is -4.76. The minimum atomic E-state index is -1.97. The van der Waals surface area contributed by atoms with E-state index in [4.69, 9.17) is 18.9 Å². The van der Waals surface area contributed by atoms with Crippen LogP contribution in [0, 0.1) is 47.3 Å². The number of phenolic OH excluding ortho intramolecular Hbond substituents is 1. The third kappa shape index (κ3) is 7.32. The number of methoxy groups -OCH3 is 1. The molecule has 3 fully saturated rings. The first-order valence-electron chi connectivity index (χ1n) is 22.5. The van der Waals surface area contributed by atoms with Crippen LogP contribution in [0.5, 0.6) is 11.5 Å². The zero-order chi connectivity index (χ0) is 47.2. The first kappa shape index (κ1) is 47.2. The predicted molar refractivity (Wildman–Crippen MR) is 235 cm³/mol. The average molecular weight is 888 g/mol. The van der Waals surface area contributed by atoms with Crippen LogP contribution >= 0.6 is 0 Å². The van der Waals surface area contributed by atoms with E-state index in [1.165, 1.54) is 20.1 Å². The fourth-order valence-electron chi connectivity index (χ4n) is 12.7. The zero-order valence-corrected chi connectivity index (χ0v) is 38.8. The number of carboxylic acids is 1. The van der Waals surface area contributed by atoms with E-state index >= 15 is 4.79 Å². The Bertz CT molecular complexity index is 2280. The minimum absolute atomic E-state index is 0.0168. The number of carbonyl (C=O) groups excluding carboxylic acids is 3. The summed E-state index contributed by atoms with van der Waals surface area (Å²) in [5.41, 5.74) is -3.52. The second-order valence-electron chi connectivity index (χ2n) is 20.2. The number of aryl methyl sites for hydroxylation is 1. The molecule has 1 spiro atoms. The first-order valence-corrected chi connectivity index (χ1v) is 22.5. The molecule has 1 aromatic rings. The molecule has 14 atom stereocenters. The number of hydrogen-bond acceptors (Lipinski definition) is 12. The molecule has 1 amide bonds. The van der Waals surface area contributed by atoms with E-state index in [-0.39, 0.29) is 35.0 Å². The molecule has 14 heteroatoms. The van der Waals surface area contributed by atoms with Crippen molar-refractivity contribution in [1.29, 1.82) is 0 Å². The number of nitrogens with one attached hydrogen (secondary N) is 1. The molecule has 64 heavy (non-hydrogen) atoms. The highest BCUT2D eigenvalue weighted by atomic mass is 16.7. The molecular weight excluding hydrogens is 823 g/mol. The maximum atomic E-state index is 15.2. The van der Waals surface area contributed by atoms with E-state index in [2.05, 4.69) is 24.4 Å². The quantitative estimate of drug-likeness (QED) is 0.0995. The van der Waals surface area contributed by atoms with Crippen LogP contribution in [0.15, 0.2) is 70.1 Å². The molecule has 0 aromatic heterocycles. The molecule has 2 heterocycles. The summed E-state index contributed by atoms with van der Waals surface area (Å²) in [4.78, 5) is 55.6. The summed E-state index contributed by atoms with van der Waals surface area (Å²) < 4.78 is 24.4. The van der Waals surface area contributed by atoms with Crippen molar-refractivity contribution in [2.75, 3.05) is 7.11 Å². The number of fused-ring (bicyclic) bond motifs is 4. The van der Waals surface area contributed by atoms with Gasteiger partial charge in [0.25, 0.3) is 5.91 Å². The lowest BCUT2D eigenvalue weighted by atomic mass is 9.49. The van der Waals surface area contributed by atoms with E-state index in [9.17, 15) is 39.9 Å². The highest BCUT2D eigenvalue weighted by Gasteiger charge is 2.67. The largest absolute Gasteiger partial charge is 0.511 e. The molecule has 1 aromatic carbocycles. The molecule has 2 saturated heterocycles. The Morgan fingerprint density at radius 1 is 0.969 bits per heavy atom. The number of allylic oxidation sites excluding steroid dienone is 5. The Labute approximate surface area is 375 Å². The number of aliphatic carboxylic acids is 1. The Morgan fingerprint density at radius 3 is 2.30 bits per heavy atom. The summed E-state index contributed by atoms with van der Waals surface area (Å²) in [6, 6.07) is 1.78. The lowest BCUT2D eigenvalue weighted by molar-refractivity contribution is -0.315. The second-order valence-corrected chi connectivity index (χ2v) is 20.2. The van der Waals surface area contributed by atoms with Crippen LogP contribution in [0.1, 0.15) is 110 Å². The van der Waals surface area contributed by atoms with Gasteiger partial charge in [-0.3, -0.25) is 9.59 Å². The first-order chi connectivity index (χ1) is 29.8. The van der Waals surface area contributed by atoms with Crippen molar-refractivity contribution in [1.82, 2.24) is 5.32 Å². The van der Waals surface area contributed by atoms with Gasteiger partial charge in [-0.05, 0) is 104 Å². The monoisotopic (exact) mass is 887 g/mol. The number of ketones is 1. The molecule has 2 bridgehead atoms. The topological polar surface area (TPSA) is 218 Å². The number of ether oxygens (including phenoxy) is 4. The Balaban J connectivity index is 1.26. The van der Waals surface area contributed by atoms with Crippen molar-refractivity contribution >= 4 is 23.6 Å². The molecule has 4 aliphatic carbocycles.